The Kier molecular flexibility index (Phi) is 5.28. The fraction of sp³-hybridized carbons (Fsp3) is 0.727. The predicted molar refractivity (Wildman–Crippen MR) is 63.4 cm³/mol. The first-order valence-corrected chi connectivity index (χ1v) is 5.06. The van der Waals surface area contributed by atoms with E-state index in [1.54, 1.807) is 0 Å². The third kappa shape index (κ3) is 3.05. The van der Waals surface area contributed by atoms with E-state index in [9.17, 15) is 0 Å². The van der Waals surface area contributed by atoms with Gasteiger partial charge in [0.05, 0.1) is 0 Å². The van der Waals surface area contributed by atoms with Crippen LogP contribution in [0.25, 0.3) is 0 Å². The van der Waals surface area contributed by atoms with Gasteiger partial charge in [-0.25, -0.2) is 0 Å². The van der Waals surface area contributed by atoms with Crippen molar-refractivity contribution in [3.05, 3.63) is 12.8 Å². The average Bonchev–Trinajstić information content (AvgIpc) is 2.11. The van der Waals surface area contributed by atoms with E-state index in [0.717, 1.165) is 5.96 Å². The maximum absolute atomic E-state index is 4.30. The molecule has 0 fully saturated rings. The summed E-state index contributed by atoms with van der Waals surface area (Å²) in [5, 5.41) is 0. The molecule has 0 heterocycles. The molecule has 82 valence electrons. The van der Waals surface area contributed by atoms with E-state index in [1.807, 2.05) is 20.3 Å². The zero-order chi connectivity index (χ0) is 11.3. The number of aliphatic imine (C=N–C) groups is 1. The van der Waals surface area contributed by atoms with Crippen molar-refractivity contribution in [1.82, 2.24) is 9.80 Å². The van der Waals surface area contributed by atoms with Crippen LogP contribution in [0.15, 0.2) is 17.8 Å². The van der Waals surface area contributed by atoms with Gasteiger partial charge >= 0.3 is 0 Å². The van der Waals surface area contributed by atoms with Crippen LogP contribution in [0.4, 0.5) is 0 Å². The maximum Gasteiger partial charge on any atom is 0.200 e. The Hall–Kier alpha value is -0.990. The second-order valence-corrected chi connectivity index (χ2v) is 3.91. The van der Waals surface area contributed by atoms with E-state index in [4.69, 9.17) is 0 Å². The van der Waals surface area contributed by atoms with Crippen molar-refractivity contribution in [2.45, 2.75) is 39.8 Å². The molecule has 0 aliphatic rings. The van der Waals surface area contributed by atoms with Crippen molar-refractivity contribution >= 4 is 5.96 Å². The summed E-state index contributed by atoms with van der Waals surface area (Å²) in [5.74, 6) is 0.963. The van der Waals surface area contributed by atoms with Gasteiger partial charge in [-0.2, -0.15) is 0 Å². The van der Waals surface area contributed by atoms with Crippen molar-refractivity contribution in [3.8, 4) is 0 Å². The van der Waals surface area contributed by atoms with Crippen LogP contribution in [0.2, 0.25) is 0 Å². The van der Waals surface area contributed by atoms with Crippen molar-refractivity contribution < 1.29 is 0 Å². The number of hydrogen-bond acceptors (Lipinski definition) is 1. The molecule has 0 aromatic carbocycles. The zero-order valence-corrected chi connectivity index (χ0v) is 10.3. The molecule has 0 N–H and O–H groups in total. The van der Waals surface area contributed by atoms with Crippen LogP contribution in [-0.4, -0.2) is 41.9 Å². The molecule has 0 amide bonds. The number of nitrogens with zero attached hydrogens (tertiary/aromatic N) is 3. The van der Waals surface area contributed by atoms with Gasteiger partial charge in [-0.1, -0.05) is 6.58 Å². The van der Waals surface area contributed by atoms with Crippen LogP contribution < -0.4 is 0 Å². The minimum atomic E-state index is 0.382. The topological polar surface area (TPSA) is 18.8 Å². The number of guanidine groups is 1. The molecule has 14 heavy (non-hydrogen) atoms. The molecule has 0 bridgehead atoms. The summed E-state index contributed by atoms with van der Waals surface area (Å²) < 4.78 is 0. The highest BCUT2D eigenvalue weighted by molar-refractivity contribution is 5.81. The molecule has 0 saturated carbocycles. The molecule has 0 spiro atoms. The van der Waals surface area contributed by atoms with Gasteiger partial charge in [0.1, 0.15) is 0 Å². The van der Waals surface area contributed by atoms with E-state index in [-0.39, 0.29) is 0 Å². The fourth-order valence-corrected chi connectivity index (χ4v) is 1.21. The molecule has 0 radical (unpaired) electrons. The van der Waals surface area contributed by atoms with Gasteiger partial charge in [-0.05, 0) is 33.9 Å². The first-order chi connectivity index (χ1) is 6.45. The van der Waals surface area contributed by atoms with E-state index < -0.39 is 0 Å². The SMILES string of the molecule is C=CN(C(=NC)N(C)C(C)C)C(C)C. The molecule has 0 aromatic heterocycles. The zero-order valence-electron chi connectivity index (χ0n) is 10.3. The molecule has 0 atom stereocenters. The van der Waals surface area contributed by atoms with E-state index in [2.05, 4.69) is 49.1 Å². The fourth-order valence-electron chi connectivity index (χ4n) is 1.21. The minimum absolute atomic E-state index is 0.382. The van der Waals surface area contributed by atoms with Gasteiger partial charge in [0, 0.05) is 26.2 Å². The first-order valence-electron chi connectivity index (χ1n) is 5.06. The largest absolute Gasteiger partial charge is 0.343 e. The lowest BCUT2D eigenvalue weighted by molar-refractivity contribution is 0.332. The molecule has 0 aromatic rings. The standard InChI is InChI=1S/C11H23N3/c1-8-14(10(4)5)11(12-6)13(7)9(2)3/h8-10H,1H2,2-7H3. The Morgan fingerprint density at radius 1 is 1.21 bits per heavy atom. The van der Waals surface area contributed by atoms with Crippen LogP contribution in [0.1, 0.15) is 27.7 Å². The first kappa shape index (κ1) is 13.0. The molecular weight excluding hydrogens is 174 g/mol. The Morgan fingerprint density at radius 2 is 1.71 bits per heavy atom. The van der Waals surface area contributed by atoms with Crippen LogP contribution >= 0.6 is 0 Å². The van der Waals surface area contributed by atoms with Gasteiger partial charge in [0.25, 0.3) is 0 Å². The van der Waals surface area contributed by atoms with Crippen molar-refractivity contribution in [1.29, 1.82) is 0 Å². The summed E-state index contributed by atoms with van der Waals surface area (Å²) in [6, 6.07) is 0.822. The summed E-state index contributed by atoms with van der Waals surface area (Å²) in [6.07, 6.45) is 1.83. The predicted octanol–water partition coefficient (Wildman–Crippen LogP) is 2.17. The molecule has 0 aliphatic carbocycles. The lowest BCUT2D eigenvalue weighted by atomic mass is 10.3. The molecule has 0 saturated heterocycles. The number of hydrogen-bond donors (Lipinski definition) is 0. The lowest BCUT2D eigenvalue weighted by Gasteiger charge is -2.34. The molecule has 3 nitrogen and oxygen atoms in total. The smallest absolute Gasteiger partial charge is 0.200 e. The Balaban J connectivity index is 4.79. The van der Waals surface area contributed by atoms with Crippen molar-refractivity contribution in [3.63, 3.8) is 0 Å². The Morgan fingerprint density at radius 3 is 1.93 bits per heavy atom. The monoisotopic (exact) mass is 197 g/mol. The second-order valence-electron chi connectivity index (χ2n) is 3.91. The molecular formula is C11H23N3. The van der Waals surface area contributed by atoms with Crippen LogP contribution in [0.3, 0.4) is 0 Å². The van der Waals surface area contributed by atoms with Crippen LogP contribution in [0.5, 0.6) is 0 Å². The van der Waals surface area contributed by atoms with Gasteiger partial charge in [-0.3, -0.25) is 4.99 Å². The highest BCUT2D eigenvalue weighted by Crippen LogP contribution is 2.06. The highest BCUT2D eigenvalue weighted by Gasteiger charge is 2.17. The number of rotatable bonds is 3. The van der Waals surface area contributed by atoms with Gasteiger partial charge in [-0.15, -0.1) is 0 Å². The van der Waals surface area contributed by atoms with Gasteiger partial charge in [0.15, 0.2) is 0 Å². The summed E-state index contributed by atoms with van der Waals surface area (Å²) in [7, 11) is 3.86. The molecule has 0 aliphatic heterocycles. The maximum atomic E-state index is 4.30. The third-order valence-electron chi connectivity index (χ3n) is 2.27. The van der Waals surface area contributed by atoms with Gasteiger partial charge in [0.2, 0.25) is 5.96 Å². The summed E-state index contributed by atoms with van der Waals surface area (Å²) in [5.41, 5.74) is 0. The van der Waals surface area contributed by atoms with Crippen LogP contribution in [0, 0.1) is 0 Å². The summed E-state index contributed by atoms with van der Waals surface area (Å²) >= 11 is 0. The van der Waals surface area contributed by atoms with Crippen molar-refractivity contribution in [2.75, 3.05) is 14.1 Å². The molecule has 0 unspecified atom stereocenters. The lowest BCUT2D eigenvalue weighted by Crippen LogP contribution is -2.45. The van der Waals surface area contributed by atoms with E-state index >= 15 is 0 Å². The van der Waals surface area contributed by atoms with Crippen LogP contribution in [-0.2, 0) is 0 Å². The average molecular weight is 197 g/mol. The third-order valence-corrected chi connectivity index (χ3v) is 2.27. The minimum Gasteiger partial charge on any atom is -0.343 e. The van der Waals surface area contributed by atoms with Crippen molar-refractivity contribution in [2.24, 2.45) is 4.99 Å². The Labute approximate surface area is 88.1 Å². The van der Waals surface area contributed by atoms with Gasteiger partial charge < -0.3 is 9.80 Å². The second kappa shape index (κ2) is 5.68. The molecule has 3 heteroatoms. The molecule has 0 rings (SSSR count). The highest BCUT2D eigenvalue weighted by atomic mass is 15.4. The summed E-state index contributed by atoms with van der Waals surface area (Å²) in [4.78, 5) is 8.51. The van der Waals surface area contributed by atoms with E-state index in [1.165, 1.54) is 0 Å². The van der Waals surface area contributed by atoms with E-state index in [0.29, 0.717) is 12.1 Å². The normalized spacial score (nSPS) is 12.1. The quantitative estimate of drug-likeness (QED) is 0.510. The summed E-state index contributed by atoms with van der Waals surface area (Å²) in [6.45, 7) is 12.4. The Bertz CT molecular complexity index is 207.